The quantitative estimate of drug-likeness (QED) is 0.385. The van der Waals surface area contributed by atoms with Gasteiger partial charge >= 0.3 is 0 Å². The van der Waals surface area contributed by atoms with E-state index >= 15 is 0 Å². The molecule has 0 fully saturated rings. The Balaban J connectivity index is 1.76. The van der Waals surface area contributed by atoms with Gasteiger partial charge in [0.15, 0.2) is 0 Å². The maximum atomic E-state index is 7.56. The summed E-state index contributed by atoms with van der Waals surface area (Å²) in [6, 6.07) is 11.2. The Morgan fingerprint density at radius 2 is 2.08 bits per heavy atom. The van der Waals surface area contributed by atoms with Crippen LogP contribution in [0.15, 0.2) is 52.4 Å². The summed E-state index contributed by atoms with van der Waals surface area (Å²) in [6.07, 6.45) is 1.89. The minimum Gasteiger partial charge on any atom is -0.437 e. The number of para-hydroxylation sites is 1. The van der Waals surface area contributed by atoms with Gasteiger partial charge in [-0.05, 0) is 49.0 Å². The van der Waals surface area contributed by atoms with Crippen LogP contribution in [0.4, 0.5) is 0 Å². The van der Waals surface area contributed by atoms with Crippen LogP contribution in [-0.2, 0) is 0 Å². The lowest BCUT2D eigenvalue weighted by atomic mass is 10.1. The molecule has 0 aliphatic carbocycles. The van der Waals surface area contributed by atoms with Crippen LogP contribution in [-0.4, -0.2) is 9.97 Å². The number of fused-ring (bicyclic) bond motifs is 4. The second-order valence-corrected chi connectivity index (χ2v) is 6.73. The van der Waals surface area contributed by atoms with E-state index < -0.39 is 6.85 Å². The zero-order valence-electron chi connectivity index (χ0n) is 15.8. The summed E-state index contributed by atoms with van der Waals surface area (Å²) in [6.45, 7) is -0.187. The second kappa shape index (κ2) is 4.89. The maximum Gasteiger partial charge on any atom is 0.227 e. The largest absolute Gasteiger partial charge is 0.437 e. The van der Waals surface area contributed by atoms with E-state index in [9.17, 15) is 0 Å². The molecule has 0 amide bonds. The molecule has 24 heavy (non-hydrogen) atoms. The van der Waals surface area contributed by atoms with Crippen molar-refractivity contribution in [3.05, 3.63) is 59.2 Å². The molecule has 0 N–H and O–H groups in total. The molecule has 0 spiro atoms. The summed E-state index contributed by atoms with van der Waals surface area (Å²) < 4.78 is 29.8. The van der Waals surface area contributed by atoms with Gasteiger partial charge in [-0.1, -0.05) is 12.1 Å². The van der Waals surface area contributed by atoms with Gasteiger partial charge in [0.1, 0.15) is 5.58 Å². The van der Waals surface area contributed by atoms with Crippen molar-refractivity contribution in [3.63, 3.8) is 0 Å². The van der Waals surface area contributed by atoms with Gasteiger partial charge in [-0.15, -0.1) is 11.3 Å². The van der Waals surface area contributed by atoms with Crippen molar-refractivity contribution in [1.82, 2.24) is 9.97 Å². The van der Waals surface area contributed by atoms with E-state index in [0.717, 1.165) is 27.4 Å². The molecule has 0 bridgehead atoms. The molecule has 0 aliphatic heterocycles. The Bertz CT molecular complexity index is 1330. The average Bonchev–Trinajstić information content (AvgIpc) is 3.20. The minimum atomic E-state index is -2.26. The van der Waals surface area contributed by atoms with Crippen molar-refractivity contribution < 1.29 is 8.53 Å². The molecule has 0 saturated carbocycles. The first-order valence-corrected chi connectivity index (χ1v) is 8.47. The van der Waals surface area contributed by atoms with E-state index in [-0.39, 0.29) is 5.69 Å². The van der Waals surface area contributed by atoms with Gasteiger partial charge in [-0.2, -0.15) is 0 Å². The third-order valence-electron chi connectivity index (χ3n) is 4.29. The molecule has 116 valence electrons. The molecule has 4 heterocycles. The smallest absolute Gasteiger partial charge is 0.227 e. The van der Waals surface area contributed by atoms with Crippen LogP contribution in [0.5, 0.6) is 0 Å². The van der Waals surface area contributed by atoms with Gasteiger partial charge in [0, 0.05) is 42.4 Å². The first-order chi connectivity index (χ1) is 12.9. The molecule has 0 aliphatic rings. The van der Waals surface area contributed by atoms with Gasteiger partial charge in [0.25, 0.3) is 0 Å². The van der Waals surface area contributed by atoms with E-state index in [1.54, 1.807) is 17.4 Å². The van der Waals surface area contributed by atoms with E-state index in [1.165, 1.54) is 16.3 Å². The topological polar surface area (TPSA) is 38.9 Å². The van der Waals surface area contributed by atoms with Crippen LogP contribution in [0.3, 0.4) is 0 Å². The predicted molar refractivity (Wildman–Crippen MR) is 99.6 cm³/mol. The number of pyridine rings is 2. The van der Waals surface area contributed by atoms with Crippen LogP contribution in [0.1, 0.15) is 15.4 Å². The van der Waals surface area contributed by atoms with Crippen LogP contribution in [0.25, 0.3) is 43.4 Å². The van der Waals surface area contributed by atoms with Gasteiger partial charge in [0.2, 0.25) is 5.71 Å². The Morgan fingerprint density at radius 1 is 1.12 bits per heavy atom. The Kier molecular flexibility index (Phi) is 2.23. The zero-order valence-corrected chi connectivity index (χ0v) is 13.6. The van der Waals surface area contributed by atoms with Crippen molar-refractivity contribution in [2.75, 3.05) is 0 Å². The van der Waals surface area contributed by atoms with Gasteiger partial charge in [-0.25, -0.2) is 4.98 Å². The summed E-state index contributed by atoms with van der Waals surface area (Å²) in [4.78, 5) is 8.85. The summed E-state index contributed by atoms with van der Waals surface area (Å²) in [5, 5.41) is 4.98. The lowest BCUT2D eigenvalue weighted by Crippen LogP contribution is -1.83. The van der Waals surface area contributed by atoms with Crippen molar-refractivity contribution >= 4 is 43.5 Å². The molecule has 3 nitrogen and oxygen atoms in total. The molecule has 4 aromatic heterocycles. The van der Waals surface area contributed by atoms with Crippen molar-refractivity contribution in [1.29, 1.82) is 0 Å². The fourth-order valence-corrected chi connectivity index (χ4v) is 4.02. The molecule has 0 atom stereocenters. The fourth-order valence-electron chi connectivity index (χ4n) is 3.07. The van der Waals surface area contributed by atoms with E-state index in [0.29, 0.717) is 11.3 Å². The number of hydrogen-bond donors (Lipinski definition) is 0. The number of thiophene rings is 1. The van der Waals surface area contributed by atoms with Crippen LogP contribution >= 0.6 is 11.3 Å². The normalized spacial score (nSPS) is 14.1. The highest BCUT2D eigenvalue weighted by molar-refractivity contribution is 7.17. The number of aromatic nitrogens is 2. The number of furan rings is 1. The third kappa shape index (κ3) is 1.90. The highest BCUT2D eigenvalue weighted by atomic mass is 32.1. The predicted octanol–water partition coefficient (Wildman–Crippen LogP) is 5.87. The first kappa shape index (κ1) is 10.9. The summed E-state index contributed by atoms with van der Waals surface area (Å²) in [5.74, 6) is 0. The lowest BCUT2D eigenvalue weighted by Gasteiger charge is -2.02. The van der Waals surface area contributed by atoms with Crippen LogP contribution < -0.4 is 0 Å². The molecule has 0 radical (unpaired) electrons. The van der Waals surface area contributed by atoms with Crippen molar-refractivity contribution in [2.45, 2.75) is 13.8 Å². The third-order valence-corrected chi connectivity index (χ3v) is 5.36. The second-order valence-electron chi connectivity index (χ2n) is 5.82. The van der Waals surface area contributed by atoms with Gasteiger partial charge in [-0.3, -0.25) is 4.98 Å². The zero-order chi connectivity index (χ0) is 18.8. The molecule has 5 aromatic rings. The summed E-state index contributed by atoms with van der Waals surface area (Å²) in [5.41, 5.74) is 3.95. The monoisotopic (exact) mass is 333 g/mol. The molecule has 0 saturated heterocycles. The fraction of sp³-hybridized carbons (Fsp3) is 0.100. The van der Waals surface area contributed by atoms with Crippen molar-refractivity contribution in [2.24, 2.45) is 0 Å². The Morgan fingerprint density at radius 3 is 3.00 bits per heavy atom. The number of nitrogens with zero attached hydrogens (tertiary/aromatic N) is 2. The standard InChI is InChI=1S/C20H14N2OS/c1-11-10-24-18-8-17(21-9-16(11)18)15-5-3-4-13-14-7-6-12(2)22-20(14)23-19(13)15/h3-10H,1-2H3/i2D3. The minimum absolute atomic E-state index is 0.0317. The lowest BCUT2D eigenvalue weighted by molar-refractivity contribution is 0.653. The van der Waals surface area contributed by atoms with Crippen LogP contribution in [0, 0.1) is 13.8 Å². The molecular formula is C20H14N2OS. The summed E-state index contributed by atoms with van der Waals surface area (Å²) in [7, 11) is 0. The Labute approximate surface area is 146 Å². The molecule has 1 aromatic carbocycles. The van der Waals surface area contributed by atoms with E-state index in [4.69, 9.17) is 8.53 Å². The van der Waals surface area contributed by atoms with Crippen molar-refractivity contribution in [3.8, 4) is 11.3 Å². The first-order valence-electron chi connectivity index (χ1n) is 9.09. The number of hydrogen-bond acceptors (Lipinski definition) is 4. The SMILES string of the molecule is [2H]C([2H])([2H])c1ccc2c(n1)oc1c(-c3cc4scc(C)c4cn3)cccc12. The molecular weight excluding hydrogens is 316 g/mol. The molecule has 5 rings (SSSR count). The molecule has 0 unspecified atom stereocenters. The number of benzene rings is 1. The molecule has 4 heteroatoms. The number of aryl methyl sites for hydroxylation is 2. The van der Waals surface area contributed by atoms with E-state index in [1.807, 2.05) is 24.4 Å². The number of rotatable bonds is 1. The highest BCUT2D eigenvalue weighted by Gasteiger charge is 2.14. The Hall–Kier alpha value is -2.72. The van der Waals surface area contributed by atoms with Gasteiger partial charge < -0.3 is 4.42 Å². The maximum absolute atomic E-state index is 7.56. The average molecular weight is 333 g/mol. The highest BCUT2D eigenvalue weighted by Crippen LogP contribution is 2.36. The van der Waals surface area contributed by atoms with Gasteiger partial charge in [0.05, 0.1) is 5.69 Å². The van der Waals surface area contributed by atoms with E-state index in [2.05, 4.69) is 28.3 Å². The van der Waals surface area contributed by atoms with Crippen LogP contribution in [0.2, 0.25) is 0 Å². The summed E-state index contributed by atoms with van der Waals surface area (Å²) >= 11 is 1.69.